The molecule has 0 saturated carbocycles. The number of nitrogens with zero attached hydrogens (tertiary/aromatic N) is 1. The molecule has 8 heteroatoms. The van der Waals surface area contributed by atoms with Gasteiger partial charge in [-0.3, -0.25) is 0 Å². The Hall–Kier alpha value is -1.99. The smallest absolute Gasteiger partial charge is 0.503 e. The molecule has 0 atom stereocenters. The first kappa shape index (κ1) is 12.1. The molecular weight excluding hydrogens is 231 g/mol. The molecule has 1 heterocycles. The fraction of sp³-hybridized carbons (Fsp3) is 0.250. The Morgan fingerprint density at radius 1 is 1.50 bits per heavy atom. The lowest BCUT2D eigenvalue weighted by Crippen LogP contribution is -2.19. The van der Waals surface area contributed by atoms with Gasteiger partial charge in [-0.15, -0.1) is 13.2 Å². The van der Waals surface area contributed by atoms with Crippen LogP contribution in [0.3, 0.4) is 0 Å². The predicted molar refractivity (Wildman–Crippen MR) is 44.3 cm³/mol. The number of aromatic nitrogens is 1. The highest BCUT2D eigenvalue weighted by atomic mass is 19.4. The zero-order valence-corrected chi connectivity index (χ0v) is 7.87. The first-order valence-electron chi connectivity index (χ1n) is 3.90. The standard InChI is InChI=1S/C8H6F3NO4/c1-3-2-4(13)6(16-8(9,10)11)12-5(3)7(14)15/h2,13H,1H3,(H,14,15). The van der Waals surface area contributed by atoms with Crippen molar-refractivity contribution in [2.75, 3.05) is 0 Å². The van der Waals surface area contributed by atoms with Crippen LogP contribution in [0.25, 0.3) is 0 Å². The number of halogens is 3. The highest BCUT2D eigenvalue weighted by Crippen LogP contribution is 2.30. The third-order valence-electron chi connectivity index (χ3n) is 1.57. The zero-order valence-electron chi connectivity index (χ0n) is 7.87. The van der Waals surface area contributed by atoms with Crippen LogP contribution >= 0.6 is 0 Å². The van der Waals surface area contributed by atoms with E-state index < -0.39 is 29.7 Å². The zero-order chi connectivity index (χ0) is 12.5. The summed E-state index contributed by atoms with van der Waals surface area (Å²) in [6, 6.07) is 0.831. The Labute approximate surface area is 87.1 Å². The molecule has 0 unspecified atom stereocenters. The maximum atomic E-state index is 11.8. The largest absolute Gasteiger partial charge is 0.574 e. The monoisotopic (exact) mass is 237 g/mol. The molecule has 0 saturated heterocycles. The number of aromatic hydroxyl groups is 1. The molecule has 0 bridgehead atoms. The lowest BCUT2D eigenvalue weighted by Gasteiger charge is -2.10. The van der Waals surface area contributed by atoms with Gasteiger partial charge in [-0.1, -0.05) is 0 Å². The lowest BCUT2D eigenvalue weighted by atomic mass is 10.2. The molecule has 1 aromatic heterocycles. The SMILES string of the molecule is Cc1cc(O)c(OC(F)(F)F)nc1C(=O)O. The summed E-state index contributed by atoms with van der Waals surface area (Å²) in [5.41, 5.74) is -0.587. The molecule has 1 aromatic rings. The van der Waals surface area contributed by atoms with Gasteiger partial charge >= 0.3 is 12.3 Å². The molecule has 0 radical (unpaired) electrons. The predicted octanol–water partition coefficient (Wildman–Crippen LogP) is 1.69. The van der Waals surface area contributed by atoms with Gasteiger partial charge in [0.05, 0.1) is 0 Å². The van der Waals surface area contributed by atoms with E-state index in [9.17, 15) is 18.0 Å². The van der Waals surface area contributed by atoms with Crippen LogP contribution in [0, 0.1) is 6.92 Å². The summed E-state index contributed by atoms with van der Waals surface area (Å²) in [6.07, 6.45) is -5.05. The Bertz CT molecular complexity index is 430. The summed E-state index contributed by atoms with van der Waals surface area (Å²) >= 11 is 0. The number of carbonyl (C=O) groups is 1. The van der Waals surface area contributed by atoms with Crippen molar-refractivity contribution in [3.63, 3.8) is 0 Å². The lowest BCUT2D eigenvalue weighted by molar-refractivity contribution is -0.276. The van der Waals surface area contributed by atoms with Gasteiger partial charge in [0.25, 0.3) is 5.88 Å². The van der Waals surface area contributed by atoms with E-state index in [2.05, 4.69) is 9.72 Å². The van der Waals surface area contributed by atoms with Gasteiger partial charge in [-0.05, 0) is 18.6 Å². The summed E-state index contributed by atoms with van der Waals surface area (Å²) in [5, 5.41) is 17.7. The van der Waals surface area contributed by atoms with Crippen molar-refractivity contribution < 1.29 is 32.9 Å². The van der Waals surface area contributed by atoms with E-state index in [4.69, 9.17) is 10.2 Å². The molecule has 0 fully saturated rings. The summed E-state index contributed by atoms with van der Waals surface area (Å²) in [6.45, 7) is 1.29. The van der Waals surface area contributed by atoms with Gasteiger partial charge < -0.3 is 14.9 Å². The van der Waals surface area contributed by atoms with Crippen molar-refractivity contribution in [3.8, 4) is 11.6 Å². The van der Waals surface area contributed by atoms with Gasteiger partial charge in [0.1, 0.15) is 0 Å². The number of aromatic carboxylic acids is 1. The highest BCUT2D eigenvalue weighted by molar-refractivity contribution is 5.87. The molecular formula is C8H6F3NO4. The van der Waals surface area contributed by atoms with Crippen molar-refractivity contribution in [2.24, 2.45) is 0 Å². The van der Waals surface area contributed by atoms with Gasteiger partial charge in [-0.2, -0.15) is 0 Å². The van der Waals surface area contributed by atoms with E-state index in [-0.39, 0.29) is 5.56 Å². The summed E-state index contributed by atoms with van der Waals surface area (Å²) in [5.74, 6) is -3.57. The Balaban J connectivity index is 3.20. The molecule has 0 aromatic carbocycles. The minimum atomic E-state index is -5.05. The topological polar surface area (TPSA) is 79.7 Å². The normalized spacial score (nSPS) is 11.2. The fourth-order valence-electron chi connectivity index (χ4n) is 0.983. The van der Waals surface area contributed by atoms with Crippen LogP contribution in [0.5, 0.6) is 11.6 Å². The average molecular weight is 237 g/mol. The van der Waals surface area contributed by atoms with Crippen LogP contribution in [-0.4, -0.2) is 27.5 Å². The van der Waals surface area contributed by atoms with E-state index in [1.165, 1.54) is 6.92 Å². The highest BCUT2D eigenvalue weighted by Gasteiger charge is 2.33. The minimum absolute atomic E-state index is 0.0273. The maximum Gasteiger partial charge on any atom is 0.574 e. The quantitative estimate of drug-likeness (QED) is 0.818. The summed E-state index contributed by atoms with van der Waals surface area (Å²) < 4.78 is 38.9. The van der Waals surface area contributed by atoms with E-state index >= 15 is 0 Å². The third-order valence-corrected chi connectivity index (χ3v) is 1.57. The first-order chi connectivity index (χ1) is 7.20. The van der Waals surface area contributed by atoms with Crippen molar-refractivity contribution in [1.82, 2.24) is 4.98 Å². The third kappa shape index (κ3) is 2.75. The molecule has 0 spiro atoms. The van der Waals surface area contributed by atoms with E-state index in [1.807, 2.05) is 0 Å². The number of alkyl halides is 3. The number of pyridine rings is 1. The van der Waals surface area contributed by atoms with Crippen LogP contribution in [0.4, 0.5) is 13.2 Å². The van der Waals surface area contributed by atoms with Gasteiger partial charge in [0.15, 0.2) is 11.4 Å². The Kier molecular flexibility index (Phi) is 2.92. The molecule has 16 heavy (non-hydrogen) atoms. The number of carboxylic acids is 1. The number of carboxylic acid groups (broad SMARTS) is 1. The molecule has 0 aliphatic heterocycles. The molecule has 1 rings (SSSR count). The van der Waals surface area contributed by atoms with Crippen molar-refractivity contribution >= 4 is 5.97 Å². The molecule has 0 aliphatic carbocycles. The number of aryl methyl sites for hydroxylation is 1. The Morgan fingerprint density at radius 2 is 2.06 bits per heavy atom. The van der Waals surface area contributed by atoms with Crippen molar-refractivity contribution in [2.45, 2.75) is 13.3 Å². The number of hydrogen-bond donors (Lipinski definition) is 2. The van der Waals surface area contributed by atoms with Crippen molar-refractivity contribution in [1.29, 1.82) is 0 Å². The molecule has 5 nitrogen and oxygen atoms in total. The van der Waals surface area contributed by atoms with Crippen LogP contribution in [-0.2, 0) is 0 Å². The molecule has 88 valence electrons. The second-order valence-electron chi connectivity index (χ2n) is 2.83. The number of ether oxygens (including phenoxy) is 1. The molecule has 2 N–H and O–H groups in total. The van der Waals surface area contributed by atoms with Gasteiger partial charge in [0.2, 0.25) is 0 Å². The van der Waals surface area contributed by atoms with Crippen LogP contribution < -0.4 is 4.74 Å². The van der Waals surface area contributed by atoms with Gasteiger partial charge in [-0.25, -0.2) is 9.78 Å². The van der Waals surface area contributed by atoms with E-state index in [0.29, 0.717) is 0 Å². The second kappa shape index (κ2) is 3.87. The fourth-order valence-corrected chi connectivity index (χ4v) is 0.983. The number of hydrogen-bond acceptors (Lipinski definition) is 4. The van der Waals surface area contributed by atoms with Crippen molar-refractivity contribution in [3.05, 3.63) is 17.3 Å². The minimum Gasteiger partial charge on any atom is -0.503 e. The van der Waals surface area contributed by atoms with E-state index in [0.717, 1.165) is 6.07 Å². The van der Waals surface area contributed by atoms with Gasteiger partial charge in [0, 0.05) is 0 Å². The van der Waals surface area contributed by atoms with Crippen LogP contribution in [0.1, 0.15) is 16.1 Å². The summed E-state index contributed by atoms with van der Waals surface area (Å²) in [4.78, 5) is 13.6. The summed E-state index contributed by atoms with van der Waals surface area (Å²) in [7, 11) is 0. The molecule has 0 amide bonds. The number of rotatable bonds is 2. The first-order valence-corrected chi connectivity index (χ1v) is 3.90. The average Bonchev–Trinajstić information content (AvgIpc) is 2.07. The molecule has 0 aliphatic rings. The Morgan fingerprint density at radius 3 is 2.50 bits per heavy atom. The van der Waals surface area contributed by atoms with Crippen LogP contribution in [0.15, 0.2) is 6.07 Å². The van der Waals surface area contributed by atoms with Crippen LogP contribution in [0.2, 0.25) is 0 Å². The van der Waals surface area contributed by atoms with E-state index in [1.54, 1.807) is 0 Å². The maximum absolute atomic E-state index is 11.8. The second-order valence-corrected chi connectivity index (χ2v) is 2.83.